The standard InChI is InChI=1S/C32H31ClN2O4S/c1-32(2,3)26-17-15-23(16-18-26)30(36)25-7-5-9-28(19-25)34-31(37)24-13-11-22(12-14-24)21-35(40(4,38)39)29-10-6-8-27(33)20-29/h5-20H,21H2,1-4H3,(H,34,37). The Kier molecular flexibility index (Phi) is 8.47. The van der Waals surface area contributed by atoms with Crippen molar-refractivity contribution < 1.29 is 18.0 Å². The fourth-order valence-corrected chi connectivity index (χ4v) is 5.25. The average molecular weight is 575 g/mol. The molecule has 0 aliphatic carbocycles. The predicted octanol–water partition coefficient (Wildman–Crippen LogP) is 7.09. The van der Waals surface area contributed by atoms with Gasteiger partial charge >= 0.3 is 0 Å². The molecule has 4 aromatic rings. The Bertz CT molecular complexity index is 1640. The van der Waals surface area contributed by atoms with Crippen LogP contribution in [0.3, 0.4) is 0 Å². The van der Waals surface area contributed by atoms with Crippen molar-refractivity contribution >= 4 is 44.7 Å². The molecular formula is C32H31ClN2O4S. The number of rotatable bonds is 8. The normalized spacial score (nSPS) is 11.6. The summed E-state index contributed by atoms with van der Waals surface area (Å²) in [5.41, 5.74) is 4.23. The molecule has 0 spiro atoms. The molecule has 0 aliphatic rings. The lowest BCUT2D eigenvalue weighted by Gasteiger charge is -2.22. The minimum atomic E-state index is -3.57. The molecular weight excluding hydrogens is 544 g/mol. The van der Waals surface area contributed by atoms with Crippen LogP contribution >= 0.6 is 11.6 Å². The van der Waals surface area contributed by atoms with Crippen LogP contribution in [0.4, 0.5) is 11.4 Å². The van der Waals surface area contributed by atoms with E-state index in [0.717, 1.165) is 11.8 Å². The van der Waals surface area contributed by atoms with Crippen LogP contribution in [0.1, 0.15) is 58.2 Å². The number of nitrogens with one attached hydrogen (secondary N) is 1. The van der Waals surface area contributed by atoms with E-state index >= 15 is 0 Å². The van der Waals surface area contributed by atoms with E-state index in [1.807, 2.05) is 24.3 Å². The Morgan fingerprint density at radius 3 is 2.02 bits per heavy atom. The third-order valence-electron chi connectivity index (χ3n) is 6.43. The van der Waals surface area contributed by atoms with Gasteiger partial charge in [0.05, 0.1) is 18.5 Å². The van der Waals surface area contributed by atoms with E-state index in [0.29, 0.717) is 38.7 Å². The van der Waals surface area contributed by atoms with Gasteiger partial charge in [-0.15, -0.1) is 0 Å². The summed E-state index contributed by atoms with van der Waals surface area (Å²) < 4.78 is 26.1. The zero-order valence-electron chi connectivity index (χ0n) is 22.8. The summed E-state index contributed by atoms with van der Waals surface area (Å²) in [5, 5.41) is 3.27. The van der Waals surface area contributed by atoms with E-state index in [1.54, 1.807) is 72.8 Å². The number of benzene rings is 4. The van der Waals surface area contributed by atoms with Gasteiger partial charge in [0, 0.05) is 27.4 Å². The smallest absolute Gasteiger partial charge is 0.255 e. The minimum absolute atomic E-state index is 0.00669. The average Bonchev–Trinajstić information content (AvgIpc) is 2.90. The SMILES string of the molecule is CC(C)(C)c1ccc(C(=O)c2cccc(NC(=O)c3ccc(CN(c4cccc(Cl)c4)S(C)(=O)=O)cc3)c2)cc1. The molecule has 4 aromatic carbocycles. The van der Waals surface area contributed by atoms with Crippen LogP contribution in [0.5, 0.6) is 0 Å². The van der Waals surface area contributed by atoms with Crippen LogP contribution in [-0.4, -0.2) is 26.4 Å². The minimum Gasteiger partial charge on any atom is -0.322 e. The lowest BCUT2D eigenvalue weighted by atomic mass is 9.86. The molecule has 1 N–H and O–H groups in total. The van der Waals surface area contributed by atoms with Gasteiger partial charge in [-0.25, -0.2) is 8.42 Å². The fourth-order valence-electron chi connectivity index (χ4n) is 4.19. The van der Waals surface area contributed by atoms with Crippen molar-refractivity contribution in [3.63, 3.8) is 0 Å². The second kappa shape index (κ2) is 11.7. The second-order valence-electron chi connectivity index (χ2n) is 10.6. The number of amides is 1. The summed E-state index contributed by atoms with van der Waals surface area (Å²) in [6, 6.07) is 27.7. The highest BCUT2D eigenvalue weighted by Crippen LogP contribution is 2.25. The highest BCUT2D eigenvalue weighted by molar-refractivity contribution is 7.92. The van der Waals surface area contributed by atoms with Crippen molar-refractivity contribution in [1.29, 1.82) is 0 Å². The highest BCUT2D eigenvalue weighted by atomic mass is 35.5. The first kappa shape index (κ1) is 29.1. The van der Waals surface area contributed by atoms with Gasteiger partial charge < -0.3 is 5.32 Å². The Morgan fingerprint density at radius 2 is 1.43 bits per heavy atom. The number of carbonyl (C=O) groups excluding carboxylic acids is 2. The van der Waals surface area contributed by atoms with E-state index in [2.05, 4.69) is 26.1 Å². The van der Waals surface area contributed by atoms with Crippen molar-refractivity contribution in [1.82, 2.24) is 0 Å². The Morgan fingerprint density at radius 1 is 0.800 bits per heavy atom. The third kappa shape index (κ3) is 7.17. The van der Waals surface area contributed by atoms with Gasteiger partial charge in [-0.1, -0.05) is 87.0 Å². The Labute approximate surface area is 240 Å². The molecule has 0 heterocycles. The van der Waals surface area contributed by atoms with Gasteiger partial charge in [0.1, 0.15) is 0 Å². The van der Waals surface area contributed by atoms with Gasteiger partial charge in [0.15, 0.2) is 5.78 Å². The number of anilines is 2. The summed E-state index contributed by atoms with van der Waals surface area (Å²) in [5.74, 6) is -0.475. The van der Waals surface area contributed by atoms with Crippen molar-refractivity contribution in [2.75, 3.05) is 15.9 Å². The van der Waals surface area contributed by atoms with Crippen LogP contribution in [0.15, 0.2) is 97.1 Å². The van der Waals surface area contributed by atoms with Gasteiger partial charge in [-0.3, -0.25) is 13.9 Å². The van der Waals surface area contributed by atoms with Gasteiger partial charge in [0.2, 0.25) is 10.0 Å². The second-order valence-corrected chi connectivity index (χ2v) is 13.0. The number of nitrogens with zero attached hydrogens (tertiary/aromatic N) is 1. The number of sulfonamides is 1. The van der Waals surface area contributed by atoms with E-state index in [-0.39, 0.29) is 23.7 Å². The summed E-state index contributed by atoms with van der Waals surface area (Å²) in [6.45, 7) is 6.45. The molecule has 0 bridgehead atoms. The molecule has 0 fully saturated rings. The quantitative estimate of drug-likeness (QED) is 0.228. The van der Waals surface area contributed by atoms with E-state index in [1.165, 1.54) is 4.31 Å². The molecule has 0 unspecified atom stereocenters. The molecule has 6 nitrogen and oxygen atoms in total. The van der Waals surface area contributed by atoms with Crippen LogP contribution in [0, 0.1) is 0 Å². The molecule has 0 atom stereocenters. The Balaban J connectivity index is 1.46. The maximum absolute atomic E-state index is 13.1. The van der Waals surface area contributed by atoms with Gasteiger partial charge in [0.25, 0.3) is 5.91 Å². The highest BCUT2D eigenvalue weighted by Gasteiger charge is 2.19. The molecule has 0 saturated carbocycles. The topological polar surface area (TPSA) is 83.6 Å². The van der Waals surface area contributed by atoms with E-state index < -0.39 is 10.0 Å². The molecule has 0 radical (unpaired) electrons. The number of hydrogen-bond donors (Lipinski definition) is 1. The van der Waals surface area contributed by atoms with E-state index in [4.69, 9.17) is 11.6 Å². The summed E-state index contributed by atoms with van der Waals surface area (Å²) >= 11 is 6.06. The maximum atomic E-state index is 13.1. The largest absolute Gasteiger partial charge is 0.322 e. The summed E-state index contributed by atoms with van der Waals surface area (Å²) in [4.78, 5) is 26.0. The number of halogens is 1. The zero-order valence-corrected chi connectivity index (χ0v) is 24.4. The van der Waals surface area contributed by atoms with Gasteiger partial charge in [-0.05, 0) is 59.0 Å². The Hall–Kier alpha value is -3.94. The van der Waals surface area contributed by atoms with Crippen LogP contribution in [-0.2, 0) is 22.0 Å². The monoisotopic (exact) mass is 574 g/mol. The van der Waals surface area contributed by atoms with Crippen LogP contribution < -0.4 is 9.62 Å². The lowest BCUT2D eigenvalue weighted by Crippen LogP contribution is -2.29. The number of carbonyl (C=O) groups is 2. The molecule has 0 saturated heterocycles. The summed E-state index contributed by atoms with van der Waals surface area (Å²) in [6.07, 6.45) is 1.13. The molecule has 1 amide bonds. The first-order valence-electron chi connectivity index (χ1n) is 12.7. The summed E-state index contributed by atoms with van der Waals surface area (Å²) in [7, 11) is -3.57. The molecule has 206 valence electrons. The molecule has 40 heavy (non-hydrogen) atoms. The molecule has 0 aromatic heterocycles. The first-order valence-corrected chi connectivity index (χ1v) is 14.9. The van der Waals surface area contributed by atoms with Crippen molar-refractivity contribution in [2.24, 2.45) is 0 Å². The van der Waals surface area contributed by atoms with Crippen LogP contribution in [0.2, 0.25) is 5.02 Å². The number of ketones is 1. The first-order chi connectivity index (χ1) is 18.8. The van der Waals surface area contributed by atoms with Gasteiger partial charge in [-0.2, -0.15) is 0 Å². The molecule has 4 rings (SSSR count). The fraction of sp³-hybridized carbons (Fsp3) is 0.188. The van der Waals surface area contributed by atoms with Crippen molar-refractivity contribution in [2.45, 2.75) is 32.7 Å². The van der Waals surface area contributed by atoms with Crippen molar-refractivity contribution in [3.05, 3.63) is 130 Å². The van der Waals surface area contributed by atoms with Crippen LogP contribution in [0.25, 0.3) is 0 Å². The molecule has 0 aliphatic heterocycles. The van der Waals surface area contributed by atoms with E-state index in [9.17, 15) is 18.0 Å². The maximum Gasteiger partial charge on any atom is 0.255 e. The molecule has 8 heteroatoms. The van der Waals surface area contributed by atoms with Crippen molar-refractivity contribution in [3.8, 4) is 0 Å². The lowest BCUT2D eigenvalue weighted by molar-refractivity contribution is 0.102. The number of hydrogen-bond acceptors (Lipinski definition) is 4. The predicted molar refractivity (Wildman–Crippen MR) is 162 cm³/mol. The zero-order chi connectivity index (χ0) is 29.1. The third-order valence-corrected chi connectivity index (χ3v) is 7.81.